The number of aromatic hydroxyl groups is 1. The Bertz CT molecular complexity index is 1080. The molecule has 2 aromatic rings. The van der Waals surface area contributed by atoms with Crippen LogP contribution < -0.4 is 9.04 Å². The van der Waals surface area contributed by atoms with Gasteiger partial charge in [0.2, 0.25) is 28.8 Å². The van der Waals surface area contributed by atoms with Gasteiger partial charge < -0.3 is 9.84 Å². The maximum atomic E-state index is 12.4. The van der Waals surface area contributed by atoms with Crippen molar-refractivity contribution in [1.29, 1.82) is 0 Å². The molecule has 0 aliphatic heterocycles. The first kappa shape index (κ1) is 22.6. The predicted octanol–water partition coefficient (Wildman–Crippen LogP) is 1.29. The second-order valence-electron chi connectivity index (χ2n) is 6.10. The number of nitrogens with zero attached hydrogens (tertiary/aromatic N) is 2. The van der Waals surface area contributed by atoms with E-state index < -0.39 is 34.0 Å². The molecule has 0 bridgehead atoms. The van der Waals surface area contributed by atoms with Gasteiger partial charge in [-0.3, -0.25) is 24.1 Å². The second-order valence-corrected chi connectivity index (χ2v) is 7.94. The van der Waals surface area contributed by atoms with Crippen molar-refractivity contribution in [3.63, 3.8) is 0 Å². The Morgan fingerprint density at radius 1 is 1.10 bits per heavy atom. The van der Waals surface area contributed by atoms with Crippen molar-refractivity contribution in [3.05, 3.63) is 48.0 Å². The highest BCUT2D eigenvalue weighted by molar-refractivity contribution is 7.92. The minimum atomic E-state index is -4.10. The molecule has 0 heterocycles. The van der Waals surface area contributed by atoms with E-state index in [9.17, 15) is 32.7 Å². The summed E-state index contributed by atoms with van der Waals surface area (Å²) in [5.74, 6) is -2.30. The maximum Gasteiger partial charge on any atom is 0.238 e. The number of phenols is 1. The third-order valence-corrected chi connectivity index (χ3v) is 4.90. The lowest BCUT2D eigenvalue weighted by Crippen LogP contribution is -2.34. The van der Waals surface area contributed by atoms with E-state index in [1.54, 1.807) is 30.3 Å². The first-order valence-corrected chi connectivity index (χ1v) is 10.2. The van der Waals surface area contributed by atoms with Crippen molar-refractivity contribution in [1.82, 2.24) is 4.90 Å². The summed E-state index contributed by atoms with van der Waals surface area (Å²) >= 11 is 0. The Hall–Kier alpha value is -3.73. The molecule has 0 saturated heterocycles. The van der Waals surface area contributed by atoms with Crippen LogP contribution in [0.2, 0.25) is 0 Å². The van der Waals surface area contributed by atoms with Crippen LogP contribution in [-0.2, 0) is 24.4 Å². The van der Waals surface area contributed by atoms with E-state index >= 15 is 0 Å². The van der Waals surface area contributed by atoms with E-state index in [-0.39, 0.29) is 35.6 Å². The average Bonchev–Trinajstić information content (AvgIpc) is 2.67. The molecule has 0 aliphatic carbocycles. The van der Waals surface area contributed by atoms with E-state index in [1.165, 1.54) is 0 Å². The highest BCUT2D eigenvalue weighted by Crippen LogP contribution is 2.39. The van der Waals surface area contributed by atoms with Gasteiger partial charge in [0.05, 0.1) is 18.4 Å². The summed E-state index contributed by atoms with van der Waals surface area (Å²) in [6.07, 6.45) is 1.07. The summed E-state index contributed by atoms with van der Waals surface area (Å²) in [5, 5.41) is 10.3. The van der Waals surface area contributed by atoms with Crippen LogP contribution in [0, 0.1) is 0 Å². The largest absolute Gasteiger partial charge is 0.507 e. The monoisotopic (exact) mass is 434 g/mol. The zero-order chi connectivity index (χ0) is 22.5. The molecule has 2 rings (SSSR count). The highest BCUT2D eigenvalue weighted by atomic mass is 32.2. The molecule has 1 N–H and O–H groups in total. The highest BCUT2D eigenvalue weighted by Gasteiger charge is 2.28. The van der Waals surface area contributed by atoms with Crippen LogP contribution in [0.15, 0.2) is 42.5 Å². The van der Waals surface area contributed by atoms with Gasteiger partial charge in [-0.05, 0) is 18.2 Å². The van der Waals surface area contributed by atoms with E-state index in [0.29, 0.717) is 9.21 Å². The van der Waals surface area contributed by atoms with Gasteiger partial charge in [-0.1, -0.05) is 18.2 Å². The van der Waals surface area contributed by atoms with E-state index in [1.807, 2.05) is 0 Å². The number of Topliss-reactive ketones (excluding diaryl/α,β-unsaturated/α-hetero) is 1. The number of carbonyl (C=O) groups excluding carboxylic acids is 4. The van der Waals surface area contributed by atoms with Crippen LogP contribution in [0.5, 0.6) is 17.2 Å². The van der Waals surface area contributed by atoms with Crippen LogP contribution in [0.3, 0.4) is 0 Å². The van der Waals surface area contributed by atoms with Crippen LogP contribution in [0.4, 0.5) is 5.69 Å². The molecule has 2 aromatic carbocycles. The van der Waals surface area contributed by atoms with Gasteiger partial charge in [0.15, 0.2) is 11.5 Å². The molecule has 0 saturated carbocycles. The van der Waals surface area contributed by atoms with Crippen LogP contribution >= 0.6 is 0 Å². The van der Waals surface area contributed by atoms with Gasteiger partial charge in [-0.2, -0.15) is 0 Å². The van der Waals surface area contributed by atoms with Crippen LogP contribution in [0.1, 0.15) is 17.3 Å². The van der Waals surface area contributed by atoms with Crippen molar-refractivity contribution in [3.8, 4) is 17.2 Å². The van der Waals surface area contributed by atoms with Crippen LogP contribution in [-0.4, -0.2) is 55.7 Å². The lowest BCUT2D eigenvalue weighted by atomic mass is 10.1. The number of carbonyl (C=O) groups is 4. The Balaban J connectivity index is 2.65. The Morgan fingerprint density at radius 3 is 2.20 bits per heavy atom. The number of hydrogen-bond acceptors (Lipinski definition) is 8. The number of phenolic OH excluding ortho intramolecular Hbond substituents is 1. The fraction of sp³-hybridized carbons (Fsp3) is 0.158. The summed E-state index contributed by atoms with van der Waals surface area (Å²) in [6.45, 7) is 0.350. The zero-order valence-electron chi connectivity index (χ0n) is 16.0. The minimum absolute atomic E-state index is 0.138. The number of imide groups is 1. The molecule has 0 radical (unpaired) electrons. The number of ether oxygens (including phenoxy) is 1. The predicted molar refractivity (Wildman–Crippen MR) is 106 cm³/mol. The third kappa shape index (κ3) is 5.20. The Kier molecular flexibility index (Phi) is 6.90. The average molecular weight is 434 g/mol. The maximum absolute atomic E-state index is 12.4. The topological polar surface area (TPSA) is 138 Å². The summed E-state index contributed by atoms with van der Waals surface area (Å²) in [6, 6.07) is 10.0. The standard InChI is InChI=1S/C19H18N2O8S/c1-13(24)21(30(2,27)28)16-9-17(25)15(18(26)10-20(11-22)12-23)8-19(16)29-14-6-4-3-5-7-14/h3-9,11-12,25H,10H2,1-2H3. The molecular weight excluding hydrogens is 416 g/mol. The number of para-hydroxylation sites is 1. The Labute approximate surface area is 172 Å². The number of hydrogen-bond donors (Lipinski definition) is 1. The summed E-state index contributed by atoms with van der Waals surface area (Å²) in [7, 11) is -4.10. The van der Waals surface area contributed by atoms with Crippen LogP contribution in [0.25, 0.3) is 0 Å². The summed E-state index contributed by atoms with van der Waals surface area (Å²) in [5.41, 5.74) is -0.652. The van der Waals surface area contributed by atoms with E-state index in [0.717, 1.165) is 25.3 Å². The van der Waals surface area contributed by atoms with E-state index in [2.05, 4.69) is 0 Å². The van der Waals surface area contributed by atoms with Gasteiger partial charge in [0.1, 0.15) is 17.2 Å². The lowest BCUT2D eigenvalue weighted by Gasteiger charge is -2.23. The molecule has 158 valence electrons. The number of ketones is 1. The molecule has 0 fully saturated rings. The third-order valence-electron chi connectivity index (χ3n) is 3.78. The van der Waals surface area contributed by atoms with E-state index in [4.69, 9.17) is 4.74 Å². The van der Waals surface area contributed by atoms with Gasteiger partial charge in [0, 0.05) is 13.0 Å². The first-order chi connectivity index (χ1) is 14.1. The molecule has 10 nitrogen and oxygen atoms in total. The molecule has 0 spiro atoms. The second kappa shape index (κ2) is 9.18. The number of rotatable bonds is 9. The summed E-state index contributed by atoms with van der Waals surface area (Å²) < 4.78 is 30.4. The fourth-order valence-electron chi connectivity index (χ4n) is 2.57. The molecule has 3 amide bonds. The molecule has 0 aliphatic rings. The van der Waals surface area contributed by atoms with Gasteiger partial charge >= 0.3 is 0 Å². The Morgan fingerprint density at radius 2 is 1.70 bits per heavy atom. The zero-order valence-corrected chi connectivity index (χ0v) is 16.8. The van der Waals surface area contributed by atoms with Gasteiger partial charge in [-0.25, -0.2) is 12.7 Å². The van der Waals surface area contributed by atoms with Crippen molar-refractivity contribution in [2.75, 3.05) is 17.1 Å². The lowest BCUT2D eigenvalue weighted by molar-refractivity contribution is -0.128. The quantitative estimate of drug-likeness (QED) is 0.460. The molecule has 0 unspecified atom stereocenters. The number of benzene rings is 2. The van der Waals surface area contributed by atoms with Crippen molar-refractivity contribution >= 4 is 40.2 Å². The van der Waals surface area contributed by atoms with Crippen molar-refractivity contribution in [2.24, 2.45) is 0 Å². The number of sulfonamides is 1. The minimum Gasteiger partial charge on any atom is -0.507 e. The first-order valence-electron chi connectivity index (χ1n) is 8.38. The molecule has 0 aromatic heterocycles. The van der Waals surface area contributed by atoms with Gasteiger partial charge in [-0.15, -0.1) is 0 Å². The van der Waals surface area contributed by atoms with Crippen molar-refractivity contribution in [2.45, 2.75) is 6.92 Å². The summed E-state index contributed by atoms with van der Waals surface area (Å²) in [4.78, 5) is 46.5. The van der Waals surface area contributed by atoms with Gasteiger partial charge in [0.25, 0.3) is 0 Å². The normalized spacial score (nSPS) is 10.7. The molecular formula is C19H18N2O8S. The molecule has 11 heteroatoms. The smallest absolute Gasteiger partial charge is 0.238 e. The number of amides is 3. The SMILES string of the molecule is CC(=O)N(c1cc(O)c(C(=O)CN(C=O)C=O)cc1Oc1ccccc1)S(C)(=O)=O. The number of anilines is 1. The molecule has 30 heavy (non-hydrogen) atoms. The molecule has 0 atom stereocenters. The van der Waals surface area contributed by atoms with Crippen molar-refractivity contribution < 1.29 is 37.4 Å². The fourth-order valence-corrected chi connectivity index (χ4v) is 3.54.